The highest BCUT2D eigenvalue weighted by atomic mass is 16.5. The number of carbonyl (C=O) groups is 1. The Morgan fingerprint density at radius 3 is 2.73 bits per heavy atom. The molecule has 1 saturated heterocycles. The van der Waals surface area contributed by atoms with E-state index >= 15 is 0 Å². The van der Waals surface area contributed by atoms with Gasteiger partial charge < -0.3 is 24.8 Å². The fourth-order valence-corrected chi connectivity index (χ4v) is 4.60. The van der Waals surface area contributed by atoms with Crippen LogP contribution in [0.4, 0.5) is 11.5 Å². The van der Waals surface area contributed by atoms with Crippen molar-refractivity contribution in [1.82, 2.24) is 25.1 Å². The first kappa shape index (κ1) is 28.4. The number of aromatic nitrogens is 4. The number of benzene rings is 2. The van der Waals surface area contributed by atoms with E-state index in [-0.39, 0.29) is 24.3 Å². The first-order chi connectivity index (χ1) is 19.8. The van der Waals surface area contributed by atoms with E-state index in [9.17, 15) is 4.79 Å². The van der Waals surface area contributed by atoms with Crippen molar-refractivity contribution >= 4 is 28.3 Å². The fourth-order valence-electron chi connectivity index (χ4n) is 4.60. The lowest BCUT2D eigenvalue weighted by molar-refractivity contribution is -0.124. The molecule has 3 heterocycles. The van der Waals surface area contributed by atoms with Gasteiger partial charge in [0.1, 0.15) is 23.5 Å². The minimum absolute atomic E-state index is 0.0562. The standard InChI is InChI=1S/C31H38N6O4/c1-5-14-39-24-12-13-26-25(17-24)30(33-22-18-32-37(19-22)28-11-6-7-15-40-28)35-29(34-26)21-9-8-10-23(16-21)41-20-27(38)36-31(2,3)4/h8-10,12-13,16-19,28H,5-7,11,14-15,20H2,1-4H3,(H,36,38)(H,33,34,35). The molecule has 5 rings (SSSR count). The lowest BCUT2D eigenvalue weighted by Gasteiger charge is -2.22. The van der Waals surface area contributed by atoms with Gasteiger partial charge in [-0.2, -0.15) is 5.10 Å². The number of hydrogen-bond donors (Lipinski definition) is 2. The van der Waals surface area contributed by atoms with Crippen LogP contribution in [0.3, 0.4) is 0 Å². The molecule has 216 valence electrons. The van der Waals surface area contributed by atoms with E-state index in [0.717, 1.165) is 60.2 Å². The van der Waals surface area contributed by atoms with Gasteiger partial charge in [0.25, 0.3) is 5.91 Å². The molecule has 4 aromatic rings. The number of nitrogens with one attached hydrogen (secondary N) is 2. The summed E-state index contributed by atoms with van der Waals surface area (Å²) in [6, 6.07) is 13.3. The Labute approximate surface area is 240 Å². The van der Waals surface area contributed by atoms with Gasteiger partial charge in [0.15, 0.2) is 12.4 Å². The predicted molar refractivity (Wildman–Crippen MR) is 159 cm³/mol. The molecule has 1 aliphatic rings. The zero-order valence-corrected chi connectivity index (χ0v) is 24.1. The molecule has 1 fully saturated rings. The highest BCUT2D eigenvalue weighted by Gasteiger charge is 2.18. The summed E-state index contributed by atoms with van der Waals surface area (Å²) in [4.78, 5) is 22.0. The highest BCUT2D eigenvalue weighted by Crippen LogP contribution is 2.32. The summed E-state index contributed by atoms with van der Waals surface area (Å²) in [6.07, 6.45) is 7.72. The molecule has 1 unspecified atom stereocenters. The van der Waals surface area contributed by atoms with Crippen molar-refractivity contribution < 1.29 is 19.0 Å². The molecule has 0 spiro atoms. The Morgan fingerprint density at radius 1 is 1.10 bits per heavy atom. The van der Waals surface area contributed by atoms with Gasteiger partial charge in [0.2, 0.25) is 0 Å². The molecule has 2 N–H and O–H groups in total. The van der Waals surface area contributed by atoms with E-state index in [1.807, 2.05) is 74.1 Å². The van der Waals surface area contributed by atoms with E-state index in [1.54, 1.807) is 6.20 Å². The topological polar surface area (TPSA) is 112 Å². The molecule has 0 saturated carbocycles. The number of carbonyl (C=O) groups excluding carboxylic acids is 1. The SMILES string of the molecule is CCCOc1ccc2nc(-c3cccc(OCC(=O)NC(C)(C)C)c3)nc(Nc3cnn(C4CCCCO4)c3)c2c1. The van der Waals surface area contributed by atoms with Crippen LogP contribution in [0.15, 0.2) is 54.9 Å². The summed E-state index contributed by atoms with van der Waals surface area (Å²) in [5, 5.41) is 11.7. The number of rotatable bonds is 10. The summed E-state index contributed by atoms with van der Waals surface area (Å²) >= 11 is 0. The van der Waals surface area contributed by atoms with Gasteiger partial charge >= 0.3 is 0 Å². The van der Waals surface area contributed by atoms with Crippen LogP contribution in [0.2, 0.25) is 0 Å². The van der Waals surface area contributed by atoms with E-state index in [4.69, 9.17) is 24.2 Å². The van der Waals surface area contributed by atoms with Crippen LogP contribution < -0.4 is 20.1 Å². The van der Waals surface area contributed by atoms with Crippen LogP contribution >= 0.6 is 0 Å². The van der Waals surface area contributed by atoms with Crippen LogP contribution in [0.5, 0.6) is 11.5 Å². The lowest BCUT2D eigenvalue weighted by atomic mass is 10.1. The van der Waals surface area contributed by atoms with Gasteiger partial charge in [0, 0.05) is 23.1 Å². The molecule has 0 radical (unpaired) electrons. The number of ether oxygens (including phenoxy) is 3. The summed E-state index contributed by atoms with van der Waals surface area (Å²) in [5.41, 5.74) is 2.00. The summed E-state index contributed by atoms with van der Waals surface area (Å²) in [5.74, 6) is 2.29. The van der Waals surface area contributed by atoms with Crippen LogP contribution in [-0.2, 0) is 9.53 Å². The Bertz CT molecular complexity index is 1490. The van der Waals surface area contributed by atoms with Gasteiger partial charge in [0.05, 0.1) is 30.2 Å². The van der Waals surface area contributed by atoms with Gasteiger partial charge in [-0.1, -0.05) is 19.1 Å². The number of hydrogen-bond acceptors (Lipinski definition) is 8. The number of nitrogens with zero attached hydrogens (tertiary/aromatic N) is 4. The van der Waals surface area contributed by atoms with Gasteiger partial charge in [-0.05, 0) is 76.8 Å². The van der Waals surface area contributed by atoms with E-state index in [1.165, 1.54) is 0 Å². The van der Waals surface area contributed by atoms with Crippen molar-refractivity contribution in [3.8, 4) is 22.9 Å². The maximum atomic E-state index is 12.3. The first-order valence-corrected chi connectivity index (χ1v) is 14.2. The molecular formula is C31H38N6O4. The van der Waals surface area contributed by atoms with Crippen molar-refractivity contribution in [1.29, 1.82) is 0 Å². The Morgan fingerprint density at radius 2 is 1.95 bits per heavy atom. The zero-order chi connectivity index (χ0) is 28.8. The van der Waals surface area contributed by atoms with Crippen molar-refractivity contribution in [2.75, 3.05) is 25.1 Å². The third kappa shape index (κ3) is 7.52. The second kappa shape index (κ2) is 12.6. The van der Waals surface area contributed by atoms with E-state index in [2.05, 4.69) is 22.7 Å². The second-order valence-electron chi connectivity index (χ2n) is 11.2. The van der Waals surface area contributed by atoms with Crippen LogP contribution in [0.1, 0.15) is 59.6 Å². The Hall–Kier alpha value is -4.18. The fraction of sp³-hybridized carbons (Fsp3) is 0.419. The van der Waals surface area contributed by atoms with Gasteiger partial charge in [-0.25, -0.2) is 14.6 Å². The molecule has 0 bridgehead atoms. The smallest absolute Gasteiger partial charge is 0.258 e. The molecule has 1 amide bonds. The highest BCUT2D eigenvalue weighted by molar-refractivity contribution is 5.93. The normalized spacial score (nSPS) is 15.5. The molecule has 1 aliphatic heterocycles. The minimum Gasteiger partial charge on any atom is -0.494 e. The van der Waals surface area contributed by atoms with Gasteiger partial charge in [-0.3, -0.25) is 4.79 Å². The second-order valence-corrected chi connectivity index (χ2v) is 11.2. The molecular weight excluding hydrogens is 520 g/mol. The molecule has 2 aromatic carbocycles. The number of amides is 1. The average Bonchev–Trinajstić information content (AvgIpc) is 3.43. The maximum Gasteiger partial charge on any atom is 0.258 e. The van der Waals surface area contributed by atoms with Gasteiger partial charge in [-0.15, -0.1) is 0 Å². The van der Waals surface area contributed by atoms with Crippen molar-refractivity contribution in [2.45, 2.75) is 65.1 Å². The maximum absolute atomic E-state index is 12.3. The Balaban J connectivity index is 1.44. The summed E-state index contributed by atoms with van der Waals surface area (Å²) < 4.78 is 19.4. The molecule has 10 heteroatoms. The summed E-state index contributed by atoms with van der Waals surface area (Å²) in [6.45, 7) is 9.17. The molecule has 41 heavy (non-hydrogen) atoms. The third-order valence-corrected chi connectivity index (χ3v) is 6.43. The zero-order valence-electron chi connectivity index (χ0n) is 24.1. The molecule has 2 aromatic heterocycles. The van der Waals surface area contributed by atoms with Crippen LogP contribution in [-0.4, -0.2) is 51.0 Å². The van der Waals surface area contributed by atoms with Crippen molar-refractivity contribution in [3.05, 3.63) is 54.9 Å². The van der Waals surface area contributed by atoms with Crippen LogP contribution in [0.25, 0.3) is 22.3 Å². The summed E-state index contributed by atoms with van der Waals surface area (Å²) in [7, 11) is 0. The molecule has 10 nitrogen and oxygen atoms in total. The van der Waals surface area contributed by atoms with Crippen molar-refractivity contribution in [2.24, 2.45) is 0 Å². The van der Waals surface area contributed by atoms with Crippen LogP contribution in [0, 0.1) is 0 Å². The van der Waals surface area contributed by atoms with Crippen molar-refractivity contribution in [3.63, 3.8) is 0 Å². The predicted octanol–water partition coefficient (Wildman–Crippen LogP) is 6.02. The molecule has 1 atom stereocenters. The minimum atomic E-state index is -0.327. The number of fused-ring (bicyclic) bond motifs is 1. The Kier molecular flexibility index (Phi) is 8.68. The first-order valence-electron chi connectivity index (χ1n) is 14.2. The number of anilines is 2. The van der Waals surface area contributed by atoms with E-state index in [0.29, 0.717) is 24.0 Å². The average molecular weight is 559 g/mol. The monoisotopic (exact) mass is 558 g/mol. The lowest BCUT2D eigenvalue weighted by Crippen LogP contribution is -2.43. The quantitative estimate of drug-likeness (QED) is 0.243. The third-order valence-electron chi connectivity index (χ3n) is 6.43. The van der Waals surface area contributed by atoms with E-state index < -0.39 is 0 Å². The molecule has 0 aliphatic carbocycles. The largest absolute Gasteiger partial charge is 0.494 e.